The number of piperidine rings is 1. The van der Waals surface area contributed by atoms with Gasteiger partial charge in [0.1, 0.15) is 12.4 Å². The molecule has 0 saturated carbocycles. The highest BCUT2D eigenvalue weighted by Crippen LogP contribution is 2.24. The number of aromatic nitrogens is 4. The molecule has 2 aromatic heterocycles. The van der Waals surface area contributed by atoms with E-state index in [1.165, 1.54) is 33.1 Å². The summed E-state index contributed by atoms with van der Waals surface area (Å²) in [5, 5.41) is 9.11. The zero-order valence-corrected chi connectivity index (χ0v) is 20.9. The maximum atomic E-state index is 12.5. The second-order valence-corrected chi connectivity index (χ2v) is 9.43. The van der Waals surface area contributed by atoms with E-state index in [1.54, 1.807) is 19.3 Å². The number of amides is 1. The number of ether oxygens (including phenoxy) is 1. The van der Waals surface area contributed by atoms with Crippen molar-refractivity contribution in [2.45, 2.75) is 25.5 Å². The van der Waals surface area contributed by atoms with E-state index < -0.39 is 6.09 Å². The highest BCUT2D eigenvalue weighted by Gasteiger charge is 2.23. The molecule has 2 aliphatic rings. The lowest BCUT2D eigenvalue weighted by Gasteiger charge is -2.34. The van der Waals surface area contributed by atoms with Crippen LogP contribution < -0.4 is 15.2 Å². The summed E-state index contributed by atoms with van der Waals surface area (Å²) in [5.41, 5.74) is 3.26. The van der Waals surface area contributed by atoms with Crippen molar-refractivity contribution in [1.29, 1.82) is 0 Å². The fourth-order valence-electron chi connectivity index (χ4n) is 4.75. The van der Waals surface area contributed by atoms with Gasteiger partial charge in [-0.1, -0.05) is 12.1 Å². The van der Waals surface area contributed by atoms with Crippen molar-refractivity contribution < 1.29 is 14.6 Å². The molecule has 1 N–H and O–H groups in total. The third-order valence-electron chi connectivity index (χ3n) is 7.00. The van der Waals surface area contributed by atoms with Crippen molar-refractivity contribution in [3.8, 4) is 17.4 Å². The molecule has 37 heavy (non-hydrogen) atoms. The van der Waals surface area contributed by atoms with Crippen LogP contribution in [0.15, 0.2) is 53.7 Å². The summed E-state index contributed by atoms with van der Waals surface area (Å²) in [4.78, 5) is 42.3. The van der Waals surface area contributed by atoms with Crippen LogP contribution in [-0.2, 0) is 13.6 Å². The summed E-state index contributed by atoms with van der Waals surface area (Å²) in [6.07, 6.45) is 3.83. The van der Waals surface area contributed by atoms with Gasteiger partial charge in [-0.05, 0) is 23.8 Å². The van der Waals surface area contributed by atoms with E-state index in [-0.39, 0.29) is 11.7 Å². The standard InChI is InChI=1S/C26H31N7O4/c1-30-24(34)16-23(22-6-9-27-18-28-22)29-25(30)37-21-7-10-32(11-8-21)20-4-2-19(3-5-20)17-31-12-14-33(15-13-31)26(35)36/h2-6,9,16,18,21H,7-8,10-15,17H2,1H3,(H,35,36). The van der Waals surface area contributed by atoms with E-state index in [2.05, 4.69) is 49.0 Å². The lowest BCUT2D eigenvalue weighted by atomic mass is 10.1. The molecule has 1 aromatic carbocycles. The Balaban J connectivity index is 1.15. The average molecular weight is 506 g/mol. The summed E-state index contributed by atoms with van der Waals surface area (Å²) >= 11 is 0. The van der Waals surface area contributed by atoms with E-state index in [9.17, 15) is 9.59 Å². The van der Waals surface area contributed by atoms with Gasteiger partial charge in [0.05, 0.1) is 11.4 Å². The molecule has 0 atom stereocenters. The minimum Gasteiger partial charge on any atom is -0.465 e. The zero-order valence-electron chi connectivity index (χ0n) is 20.9. The van der Waals surface area contributed by atoms with E-state index in [0.29, 0.717) is 30.5 Å². The quantitative estimate of drug-likeness (QED) is 0.537. The maximum Gasteiger partial charge on any atom is 0.407 e. The molecule has 2 fully saturated rings. The summed E-state index contributed by atoms with van der Waals surface area (Å²) in [5.74, 6) is 0. The summed E-state index contributed by atoms with van der Waals surface area (Å²) in [6, 6.07) is 12.1. The van der Waals surface area contributed by atoms with Gasteiger partial charge in [-0.2, -0.15) is 4.98 Å². The normalized spacial score (nSPS) is 17.1. The van der Waals surface area contributed by atoms with E-state index in [0.717, 1.165) is 45.6 Å². The van der Waals surface area contributed by atoms with E-state index in [4.69, 9.17) is 9.84 Å². The number of anilines is 1. The summed E-state index contributed by atoms with van der Waals surface area (Å²) < 4.78 is 7.60. The Morgan fingerprint density at radius 3 is 2.41 bits per heavy atom. The number of rotatable bonds is 6. The Kier molecular flexibility index (Phi) is 7.31. The number of hydrogen-bond donors (Lipinski definition) is 1. The molecular weight excluding hydrogens is 474 g/mol. The fraction of sp³-hybridized carbons (Fsp3) is 0.423. The van der Waals surface area contributed by atoms with Gasteiger partial charge in [0.25, 0.3) is 11.6 Å². The first-order valence-corrected chi connectivity index (χ1v) is 12.5. The maximum absolute atomic E-state index is 12.5. The molecule has 0 bridgehead atoms. The SMILES string of the molecule is Cn1c(OC2CCN(c3ccc(CN4CCN(C(=O)O)CC4)cc3)CC2)nc(-c2ccncn2)cc1=O. The molecule has 0 spiro atoms. The molecule has 0 unspecified atom stereocenters. The monoisotopic (exact) mass is 505 g/mol. The van der Waals surface area contributed by atoms with Gasteiger partial charge in [0.15, 0.2) is 0 Å². The predicted octanol–water partition coefficient (Wildman–Crippen LogP) is 2.08. The van der Waals surface area contributed by atoms with Crippen LogP contribution in [-0.4, -0.2) is 85.9 Å². The van der Waals surface area contributed by atoms with Gasteiger partial charge < -0.3 is 19.6 Å². The van der Waals surface area contributed by atoms with Crippen LogP contribution >= 0.6 is 0 Å². The number of hydrogen-bond acceptors (Lipinski definition) is 8. The van der Waals surface area contributed by atoms with Crippen molar-refractivity contribution >= 4 is 11.8 Å². The van der Waals surface area contributed by atoms with Gasteiger partial charge >= 0.3 is 6.09 Å². The van der Waals surface area contributed by atoms with Gasteiger partial charge in [-0.15, -0.1) is 0 Å². The van der Waals surface area contributed by atoms with Gasteiger partial charge in [-0.25, -0.2) is 14.8 Å². The van der Waals surface area contributed by atoms with Crippen molar-refractivity contribution in [1.82, 2.24) is 29.3 Å². The summed E-state index contributed by atoms with van der Waals surface area (Å²) in [7, 11) is 1.66. The van der Waals surface area contributed by atoms with E-state index in [1.807, 2.05) is 0 Å². The lowest BCUT2D eigenvalue weighted by molar-refractivity contribution is 0.103. The molecule has 0 aliphatic carbocycles. The third kappa shape index (κ3) is 5.88. The number of benzene rings is 1. The van der Waals surface area contributed by atoms with Crippen LogP contribution in [0.4, 0.5) is 10.5 Å². The number of carboxylic acid groups (broad SMARTS) is 1. The highest BCUT2D eigenvalue weighted by molar-refractivity contribution is 5.65. The minimum absolute atomic E-state index is 0.0289. The Morgan fingerprint density at radius 1 is 1.03 bits per heavy atom. The highest BCUT2D eigenvalue weighted by atomic mass is 16.5. The first kappa shape index (κ1) is 24.7. The van der Waals surface area contributed by atoms with Crippen molar-refractivity contribution in [2.24, 2.45) is 7.05 Å². The molecule has 11 nitrogen and oxygen atoms in total. The van der Waals surface area contributed by atoms with E-state index >= 15 is 0 Å². The Hall–Kier alpha value is -3.99. The molecular formula is C26H31N7O4. The fourth-order valence-corrected chi connectivity index (χ4v) is 4.75. The van der Waals surface area contributed by atoms with Crippen LogP contribution in [0, 0.1) is 0 Å². The molecule has 1 amide bonds. The lowest BCUT2D eigenvalue weighted by Crippen LogP contribution is -2.47. The molecule has 0 radical (unpaired) electrons. The first-order chi connectivity index (χ1) is 18.0. The van der Waals surface area contributed by atoms with Crippen LogP contribution in [0.25, 0.3) is 11.4 Å². The van der Waals surface area contributed by atoms with Crippen molar-refractivity contribution in [3.05, 3.63) is 64.8 Å². The third-order valence-corrected chi connectivity index (χ3v) is 7.00. The van der Waals surface area contributed by atoms with Gasteiger partial charge in [0, 0.05) is 83.7 Å². The van der Waals surface area contributed by atoms with Crippen LogP contribution in [0.3, 0.4) is 0 Å². The smallest absolute Gasteiger partial charge is 0.407 e. The topological polar surface area (TPSA) is 117 Å². The number of carbonyl (C=O) groups is 1. The van der Waals surface area contributed by atoms with Crippen LogP contribution in [0.5, 0.6) is 6.01 Å². The molecule has 194 valence electrons. The largest absolute Gasteiger partial charge is 0.465 e. The zero-order chi connectivity index (χ0) is 25.8. The van der Waals surface area contributed by atoms with Crippen molar-refractivity contribution in [2.75, 3.05) is 44.2 Å². The Morgan fingerprint density at radius 2 is 1.76 bits per heavy atom. The number of nitrogens with zero attached hydrogens (tertiary/aromatic N) is 7. The second-order valence-electron chi connectivity index (χ2n) is 9.43. The van der Waals surface area contributed by atoms with Crippen LogP contribution in [0.2, 0.25) is 0 Å². The van der Waals surface area contributed by atoms with Crippen molar-refractivity contribution in [3.63, 3.8) is 0 Å². The van der Waals surface area contributed by atoms with Gasteiger partial charge in [0.2, 0.25) is 0 Å². The predicted molar refractivity (Wildman–Crippen MR) is 138 cm³/mol. The Bertz CT molecular complexity index is 1270. The molecule has 2 aliphatic heterocycles. The molecule has 3 aromatic rings. The molecule has 11 heteroatoms. The minimum atomic E-state index is -0.839. The van der Waals surface area contributed by atoms with Crippen LogP contribution in [0.1, 0.15) is 18.4 Å². The average Bonchev–Trinajstić information content (AvgIpc) is 2.93. The second kappa shape index (κ2) is 11.0. The number of piperazine rings is 1. The molecule has 5 rings (SSSR count). The molecule has 4 heterocycles. The first-order valence-electron chi connectivity index (χ1n) is 12.5. The summed E-state index contributed by atoms with van der Waals surface area (Å²) in [6.45, 7) is 5.14. The Labute approximate surface area is 215 Å². The molecule has 2 saturated heterocycles. The van der Waals surface area contributed by atoms with Gasteiger partial charge in [-0.3, -0.25) is 14.3 Å².